The molecule has 0 aliphatic rings. The second kappa shape index (κ2) is 8.22. The molecule has 0 fully saturated rings. The molecule has 1 aromatic heterocycles. The number of amides is 1. The number of halogens is 2. The molecule has 0 aliphatic carbocycles. The van der Waals surface area contributed by atoms with Crippen LogP contribution in [-0.2, 0) is 4.79 Å². The van der Waals surface area contributed by atoms with Gasteiger partial charge in [-0.15, -0.1) is 0 Å². The molecule has 3 rings (SSSR count). The van der Waals surface area contributed by atoms with Crippen LogP contribution in [0.5, 0.6) is 0 Å². The van der Waals surface area contributed by atoms with Crippen molar-refractivity contribution in [2.75, 3.05) is 11.1 Å². The summed E-state index contributed by atoms with van der Waals surface area (Å²) in [6, 6.07) is 11.4. The first-order valence-corrected chi connectivity index (χ1v) is 10.0. The summed E-state index contributed by atoms with van der Waals surface area (Å²) in [5, 5.41) is 3.53. The summed E-state index contributed by atoms with van der Waals surface area (Å²) >= 11 is 4.32. The van der Waals surface area contributed by atoms with Crippen molar-refractivity contribution >= 4 is 50.2 Å². The van der Waals surface area contributed by atoms with E-state index in [4.69, 9.17) is 0 Å². The maximum atomic E-state index is 13.9. The third-order valence-corrected chi connectivity index (χ3v) is 5.28. The fourth-order valence-corrected chi connectivity index (χ4v) is 3.85. The van der Waals surface area contributed by atoms with Gasteiger partial charge in [0.2, 0.25) is 5.91 Å². The monoisotopic (exact) mass is 449 g/mol. The maximum absolute atomic E-state index is 13.9. The zero-order valence-electron chi connectivity index (χ0n) is 14.7. The number of anilines is 1. The van der Waals surface area contributed by atoms with E-state index in [2.05, 4.69) is 26.2 Å². The number of nitrogens with zero attached hydrogens (tertiary/aromatic N) is 2. The van der Waals surface area contributed by atoms with E-state index in [0.29, 0.717) is 20.5 Å². The van der Waals surface area contributed by atoms with Crippen LogP contribution in [0.2, 0.25) is 0 Å². The lowest BCUT2D eigenvalue weighted by atomic mass is 10.2. The number of fused-ring (bicyclic) bond motifs is 1. The summed E-state index contributed by atoms with van der Waals surface area (Å²) in [5.74, 6) is -0.892. The van der Waals surface area contributed by atoms with E-state index in [9.17, 15) is 14.0 Å². The van der Waals surface area contributed by atoms with Crippen molar-refractivity contribution in [1.82, 2.24) is 9.55 Å². The molecule has 0 saturated carbocycles. The Balaban J connectivity index is 1.82. The Bertz CT molecular complexity index is 1070. The van der Waals surface area contributed by atoms with Crippen molar-refractivity contribution in [3.8, 4) is 0 Å². The van der Waals surface area contributed by atoms with Gasteiger partial charge < -0.3 is 5.32 Å². The number of aromatic nitrogens is 2. The minimum Gasteiger partial charge on any atom is -0.323 e. The molecule has 0 atom stereocenters. The number of thioether (sulfide) groups is 1. The molecule has 2 aromatic carbocycles. The topological polar surface area (TPSA) is 64.0 Å². The molecule has 0 radical (unpaired) electrons. The van der Waals surface area contributed by atoms with E-state index in [1.807, 2.05) is 19.9 Å². The molecule has 1 N–H and O–H groups in total. The molecule has 5 nitrogen and oxygen atoms in total. The first-order valence-electron chi connectivity index (χ1n) is 8.26. The molecular weight excluding hydrogens is 433 g/mol. The van der Waals surface area contributed by atoms with E-state index in [1.54, 1.807) is 28.8 Å². The third-order valence-electron chi connectivity index (χ3n) is 3.83. The smallest absolute Gasteiger partial charge is 0.262 e. The van der Waals surface area contributed by atoms with E-state index in [1.165, 1.54) is 12.1 Å². The molecule has 8 heteroatoms. The van der Waals surface area contributed by atoms with Crippen molar-refractivity contribution in [2.45, 2.75) is 25.0 Å². The second-order valence-electron chi connectivity index (χ2n) is 6.14. The summed E-state index contributed by atoms with van der Waals surface area (Å²) < 4.78 is 16.0. The highest BCUT2D eigenvalue weighted by Gasteiger charge is 2.16. The van der Waals surface area contributed by atoms with E-state index in [0.717, 1.165) is 11.8 Å². The fourth-order valence-electron chi connectivity index (χ4n) is 2.59. The van der Waals surface area contributed by atoms with Crippen LogP contribution < -0.4 is 10.9 Å². The second-order valence-corrected chi connectivity index (χ2v) is 8.00. The lowest BCUT2D eigenvalue weighted by Crippen LogP contribution is -2.25. The highest BCUT2D eigenvalue weighted by atomic mass is 79.9. The van der Waals surface area contributed by atoms with Crippen LogP contribution >= 0.6 is 27.7 Å². The average molecular weight is 450 g/mol. The number of carbonyl (C=O) groups excluding carboxylic acids is 1. The molecule has 140 valence electrons. The van der Waals surface area contributed by atoms with Gasteiger partial charge in [0.25, 0.3) is 5.56 Å². The van der Waals surface area contributed by atoms with E-state index in [-0.39, 0.29) is 28.9 Å². The number of para-hydroxylation sites is 1. The highest BCUT2D eigenvalue weighted by molar-refractivity contribution is 9.10. The number of hydrogen-bond donors (Lipinski definition) is 1. The highest BCUT2D eigenvalue weighted by Crippen LogP contribution is 2.22. The molecule has 1 heterocycles. The molecule has 0 spiro atoms. The van der Waals surface area contributed by atoms with Gasteiger partial charge in [0.05, 0.1) is 22.3 Å². The van der Waals surface area contributed by atoms with E-state index < -0.39 is 5.82 Å². The van der Waals surface area contributed by atoms with Crippen LogP contribution in [-0.4, -0.2) is 21.2 Å². The van der Waals surface area contributed by atoms with Crippen LogP contribution in [0.1, 0.15) is 19.9 Å². The van der Waals surface area contributed by atoms with Gasteiger partial charge in [0.15, 0.2) is 5.16 Å². The van der Waals surface area contributed by atoms with Gasteiger partial charge in [-0.3, -0.25) is 14.2 Å². The lowest BCUT2D eigenvalue weighted by molar-refractivity contribution is -0.113. The molecule has 0 aliphatic heterocycles. The number of rotatable bonds is 5. The Labute approximate surface area is 168 Å². The molecular formula is C19H17BrFN3O2S. The summed E-state index contributed by atoms with van der Waals surface area (Å²) in [6.45, 7) is 3.78. The first-order chi connectivity index (χ1) is 12.9. The summed E-state index contributed by atoms with van der Waals surface area (Å²) in [5.41, 5.74) is 0.551. The van der Waals surface area contributed by atoms with Crippen LogP contribution in [0.4, 0.5) is 10.1 Å². The third kappa shape index (κ3) is 4.39. The van der Waals surface area contributed by atoms with Gasteiger partial charge in [-0.25, -0.2) is 9.37 Å². The van der Waals surface area contributed by atoms with Crippen molar-refractivity contribution in [3.63, 3.8) is 0 Å². The maximum Gasteiger partial charge on any atom is 0.262 e. The predicted octanol–water partition coefficient (Wildman–Crippen LogP) is 4.61. The minimum atomic E-state index is -0.523. The number of nitrogens with one attached hydrogen (secondary N) is 1. The SMILES string of the molecule is CC(C)n1c(SCC(=O)Nc2ccc(Br)cc2F)nc2ccccc2c1=O. The number of benzene rings is 2. The van der Waals surface area contributed by atoms with Crippen molar-refractivity contribution < 1.29 is 9.18 Å². The van der Waals surface area contributed by atoms with Gasteiger partial charge >= 0.3 is 0 Å². The van der Waals surface area contributed by atoms with Crippen molar-refractivity contribution in [2.24, 2.45) is 0 Å². The van der Waals surface area contributed by atoms with Gasteiger partial charge in [-0.05, 0) is 44.2 Å². The molecule has 0 saturated heterocycles. The minimum absolute atomic E-state index is 0.00695. The zero-order chi connectivity index (χ0) is 19.6. The Hall–Kier alpha value is -2.19. The quantitative estimate of drug-likeness (QED) is 0.456. The van der Waals surface area contributed by atoms with E-state index >= 15 is 0 Å². The van der Waals surface area contributed by atoms with Gasteiger partial charge in [0.1, 0.15) is 5.82 Å². The lowest BCUT2D eigenvalue weighted by Gasteiger charge is -2.16. The van der Waals surface area contributed by atoms with Crippen LogP contribution in [0, 0.1) is 5.82 Å². The molecule has 1 amide bonds. The first kappa shape index (κ1) is 19.6. The Morgan fingerprint density at radius 3 is 2.74 bits per heavy atom. The molecule has 0 unspecified atom stereocenters. The Morgan fingerprint density at radius 1 is 1.30 bits per heavy atom. The standard InChI is InChI=1S/C19H17BrFN3O2S/c1-11(2)24-18(26)13-5-3-4-6-15(13)23-19(24)27-10-17(25)22-16-8-7-12(20)9-14(16)21/h3-9,11H,10H2,1-2H3,(H,22,25). The summed E-state index contributed by atoms with van der Waals surface area (Å²) in [4.78, 5) is 29.5. The normalized spacial score (nSPS) is 11.1. The zero-order valence-corrected chi connectivity index (χ0v) is 17.1. The molecule has 0 bridgehead atoms. The van der Waals surface area contributed by atoms with Crippen molar-refractivity contribution in [3.05, 3.63) is 63.1 Å². The molecule has 3 aromatic rings. The van der Waals surface area contributed by atoms with Crippen molar-refractivity contribution in [1.29, 1.82) is 0 Å². The fraction of sp³-hybridized carbons (Fsp3) is 0.211. The number of hydrogen-bond acceptors (Lipinski definition) is 4. The average Bonchev–Trinajstić information content (AvgIpc) is 2.62. The largest absolute Gasteiger partial charge is 0.323 e. The van der Waals surface area contributed by atoms with Crippen LogP contribution in [0.15, 0.2) is 56.9 Å². The van der Waals surface area contributed by atoms with Crippen LogP contribution in [0.25, 0.3) is 10.9 Å². The van der Waals surface area contributed by atoms with Gasteiger partial charge in [-0.2, -0.15) is 0 Å². The Morgan fingerprint density at radius 2 is 2.04 bits per heavy atom. The van der Waals surface area contributed by atoms with Gasteiger partial charge in [-0.1, -0.05) is 39.8 Å². The predicted molar refractivity (Wildman–Crippen MR) is 110 cm³/mol. The molecule has 27 heavy (non-hydrogen) atoms. The summed E-state index contributed by atoms with van der Waals surface area (Å²) in [7, 11) is 0. The Kier molecular flexibility index (Phi) is 5.96. The summed E-state index contributed by atoms with van der Waals surface area (Å²) in [6.07, 6.45) is 0. The number of carbonyl (C=O) groups is 1. The van der Waals surface area contributed by atoms with Gasteiger partial charge in [0, 0.05) is 10.5 Å². The van der Waals surface area contributed by atoms with Crippen LogP contribution in [0.3, 0.4) is 0 Å².